The molecule has 0 aromatic carbocycles. The van der Waals surface area contributed by atoms with Gasteiger partial charge in [-0.3, -0.25) is 10.1 Å². The molecule has 2 N–H and O–H groups in total. The molecule has 1 aromatic heterocycles. The summed E-state index contributed by atoms with van der Waals surface area (Å²) in [6, 6.07) is 3.05. The van der Waals surface area contributed by atoms with Gasteiger partial charge in [-0.1, -0.05) is 13.3 Å². The SMILES string of the molecule is CCCCN(CCO)c1nc(NCC)ccc1[N+](=O)[O-]. The van der Waals surface area contributed by atoms with Gasteiger partial charge in [-0.05, 0) is 19.4 Å². The van der Waals surface area contributed by atoms with Crippen LogP contribution >= 0.6 is 0 Å². The average Bonchev–Trinajstić information content (AvgIpc) is 2.43. The fourth-order valence-corrected chi connectivity index (χ4v) is 1.89. The number of nitrogens with one attached hydrogen (secondary N) is 1. The summed E-state index contributed by atoms with van der Waals surface area (Å²) in [5.41, 5.74) is -0.0313. The van der Waals surface area contributed by atoms with Crippen molar-refractivity contribution in [1.82, 2.24) is 4.98 Å². The summed E-state index contributed by atoms with van der Waals surface area (Å²) in [6.45, 7) is 5.59. The van der Waals surface area contributed by atoms with Gasteiger partial charge in [0.1, 0.15) is 5.82 Å². The number of nitro groups is 1. The number of pyridine rings is 1. The molecular formula is C13H22N4O3. The highest BCUT2D eigenvalue weighted by Crippen LogP contribution is 2.27. The van der Waals surface area contributed by atoms with E-state index in [2.05, 4.69) is 10.3 Å². The number of rotatable bonds is 9. The molecule has 0 fully saturated rings. The zero-order valence-corrected chi connectivity index (χ0v) is 12.0. The van der Waals surface area contributed by atoms with Crippen molar-refractivity contribution in [2.45, 2.75) is 26.7 Å². The van der Waals surface area contributed by atoms with E-state index in [1.807, 2.05) is 13.8 Å². The van der Waals surface area contributed by atoms with Crippen LogP contribution in [0.5, 0.6) is 0 Å². The number of aromatic nitrogens is 1. The summed E-state index contributed by atoms with van der Waals surface area (Å²) >= 11 is 0. The van der Waals surface area contributed by atoms with Crippen LogP contribution in [0.25, 0.3) is 0 Å². The number of hydrogen-bond acceptors (Lipinski definition) is 6. The molecule has 0 saturated carbocycles. The van der Waals surface area contributed by atoms with Crippen molar-refractivity contribution in [1.29, 1.82) is 0 Å². The van der Waals surface area contributed by atoms with Crippen LogP contribution in [0, 0.1) is 10.1 Å². The van der Waals surface area contributed by atoms with Crippen molar-refractivity contribution >= 4 is 17.3 Å². The normalized spacial score (nSPS) is 10.3. The lowest BCUT2D eigenvalue weighted by atomic mass is 10.3. The molecule has 1 aromatic rings. The van der Waals surface area contributed by atoms with E-state index in [9.17, 15) is 10.1 Å². The second-order valence-electron chi connectivity index (χ2n) is 4.39. The van der Waals surface area contributed by atoms with E-state index in [1.54, 1.807) is 11.0 Å². The van der Waals surface area contributed by atoms with Gasteiger partial charge in [0.05, 0.1) is 11.5 Å². The van der Waals surface area contributed by atoms with E-state index in [1.165, 1.54) is 6.07 Å². The number of anilines is 2. The smallest absolute Gasteiger partial charge is 0.311 e. The Morgan fingerprint density at radius 3 is 2.70 bits per heavy atom. The molecule has 1 heterocycles. The molecular weight excluding hydrogens is 260 g/mol. The highest BCUT2D eigenvalue weighted by atomic mass is 16.6. The number of aliphatic hydroxyl groups excluding tert-OH is 1. The first kappa shape index (κ1) is 16.2. The van der Waals surface area contributed by atoms with E-state index in [-0.39, 0.29) is 12.3 Å². The quantitative estimate of drug-likeness (QED) is 0.532. The van der Waals surface area contributed by atoms with Gasteiger partial charge in [-0.25, -0.2) is 4.98 Å². The molecule has 0 atom stereocenters. The second kappa shape index (κ2) is 8.31. The van der Waals surface area contributed by atoms with E-state index in [0.717, 1.165) is 12.8 Å². The van der Waals surface area contributed by atoms with Crippen molar-refractivity contribution in [2.24, 2.45) is 0 Å². The van der Waals surface area contributed by atoms with E-state index < -0.39 is 4.92 Å². The molecule has 112 valence electrons. The third kappa shape index (κ3) is 4.34. The molecule has 7 nitrogen and oxygen atoms in total. The molecule has 0 bridgehead atoms. The Hall–Kier alpha value is -1.89. The summed E-state index contributed by atoms with van der Waals surface area (Å²) < 4.78 is 0. The predicted octanol–water partition coefficient (Wildman–Crippen LogP) is 2.02. The molecule has 0 unspecified atom stereocenters. The Kier molecular flexibility index (Phi) is 6.72. The molecule has 1 rings (SSSR count). The maximum absolute atomic E-state index is 11.1. The maximum atomic E-state index is 11.1. The number of unbranched alkanes of at least 4 members (excludes halogenated alkanes) is 1. The largest absolute Gasteiger partial charge is 0.395 e. The minimum Gasteiger partial charge on any atom is -0.395 e. The van der Waals surface area contributed by atoms with E-state index in [4.69, 9.17) is 5.11 Å². The fourth-order valence-electron chi connectivity index (χ4n) is 1.89. The van der Waals surface area contributed by atoms with Crippen LogP contribution in [0.15, 0.2) is 12.1 Å². The van der Waals surface area contributed by atoms with Crippen LogP contribution in [0.2, 0.25) is 0 Å². The Morgan fingerprint density at radius 2 is 2.15 bits per heavy atom. The molecule has 0 aliphatic rings. The lowest BCUT2D eigenvalue weighted by Crippen LogP contribution is -2.29. The summed E-state index contributed by atoms with van der Waals surface area (Å²) in [6.07, 6.45) is 1.87. The molecule has 0 amide bonds. The van der Waals surface area contributed by atoms with Crippen molar-refractivity contribution in [3.63, 3.8) is 0 Å². The van der Waals surface area contributed by atoms with Gasteiger partial charge in [-0.15, -0.1) is 0 Å². The number of aliphatic hydroxyl groups is 1. The molecule has 20 heavy (non-hydrogen) atoms. The third-order valence-electron chi connectivity index (χ3n) is 2.86. The molecule has 7 heteroatoms. The minimum absolute atomic E-state index is 0.0313. The van der Waals surface area contributed by atoms with E-state index in [0.29, 0.717) is 31.3 Å². The van der Waals surface area contributed by atoms with Gasteiger partial charge in [0.15, 0.2) is 0 Å². The van der Waals surface area contributed by atoms with Crippen molar-refractivity contribution in [3.05, 3.63) is 22.2 Å². The van der Waals surface area contributed by atoms with E-state index >= 15 is 0 Å². The first-order chi connectivity index (χ1) is 9.63. The van der Waals surface area contributed by atoms with Crippen LogP contribution in [0.1, 0.15) is 26.7 Å². The summed E-state index contributed by atoms with van der Waals surface area (Å²) in [4.78, 5) is 16.8. The Labute approximate surface area is 118 Å². The first-order valence-electron chi connectivity index (χ1n) is 6.89. The molecule has 0 radical (unpaired) electrons. The highest BCUT2D eigenvalue weighted by molar-refractivity contribution is 5.61. The number of nitrogens with zero attached hydrogens (tertiary/aromatic N) is 3. The Balaban J connectivity index is 3.12. The monoisotopic (exact) mass is 282 g/mol. The average molecular weight is 282 g/mol. The van der Waals surface area contributed by atoms with Gasteiger partial charge in [0.2, 0.25) is 5.82 Å². The van der Waals surface area contributed by atoms with Crippen LogP contribution in [-0.2, 0) is 0 Å². The van der Waals surface area contributed by atoms with Crippen LogP contribution in [-0.4, -0.2) is 41.3 Å². The lowest BCUT2D eigenvalue weighted by Gasteiger charge is -2.22. The van der Waals surface area contributed by atoms with Crippen LogP contribution in [0.4, 0.5) is 17.3 Å². The van der Waals surface area contributed by atoms with Crippen molar-refractivity contribution in [2.75, 3.05) is 36.5 Å². The van der Waals surface area contributed by atoms with Crippen LogP contribution in [0.3, 0.4) is 0 Å². The van der Waals surface area contributed by atoms with Gasteiger partial charge < -0.3 is 15.3 Å². The van der Waals surface area contributed by atoms with Gasteiger partial charge >= 0.3 is 5.69 Å². The fraction of sp³-hybridized carbons (Fsp3) is 0.615. The molecule has 0 spiro atoms. The highest BCUT2D eigenvalue weighted by Gasteiger charge is 2.21. The Morgan fingerprint density at radius 1 is 1.40 bits per heavy atom. The zero-order chi connectivity index (χ0) is 15.0. The van der Waals surface area contributed by atoms with Crippen molar-refractivity contribution in [3.8, 4) is 0 Å². The molecule has 0 saturated heterocycles. The number of hydrogen-bond donors (Lipinski definition) is 2. The van der Waals surface area contributed by atoms with Gasteiger partial charge in [0, 0.05) is 25.7 Å². The summed E-state index contributed by atoms with van der Waals surface area (Å²) in [5.74, 6) is 0.920. The van der Waals surface area contributed by atoms with Gasteiger partial charge in [-0.2, -0.15) is 0 Å². The molecule has 0 aliphatic carbocycles. The standard InChI is InChI=1S/C13H22N4O3/c1-3-5-8-16(9-10-18)13-11(17(19)20)6-7-12(15-13)14-4-2/h6-7,18H,3-5,8-10H2,1-2H3,(H,14,15). The summed E-state index contributed by atoms with van der Waals surface area (Å²) in [5, 5.41) is 23.3. The van der Waals surface area contributed by atoms with Crippen molar-refractivity contribution < 1.29 is 10.0 Å². The molecule has 0 aliphatic heterocycles. The predicted molar refractivity (Wildman–Crippen MR) is 79.3 cm³/mol. The Bertz CT molecular complexity index is 440. The minimum atomic E-state index is -0.436. The summed E-state index contributed by atoms with van der Waals surface area (Å²) in [7, 11) is 0. The second-order valence-corrected chi connectivity index (χ2v) is 4.39. The van der Waals surface area contributed by atoms with Gasteiger partial charge in [0.25, 0.3) is 0 Å². The first-order valence-corrected chi connectivity index (χ1v) is 6.89. The lowest BCUT2D eigenvalue weighted by molar-refractivity contribution is -0.384. The van der Waals surface area contributed by atoms with Crippen LogP contribution < -0.4 is 10.2 Å². The maximum Gasteiger partial charge on any atom is 0.311 e. The zero-order valence-electron chi connectivity index (χ0n) is 12.0. The topological polar surface area (TPSA) is 91.5 Å². The third-order valence-corrected chi connectivity index (χ3v) is 2.86.